The summed E-state index contributed by atoms with van der Waals surface area (Å²) in [5.74, 6) is -0.792. The zero-order valence-corrected chi connectivity index (χ0v) is 18.4. The van der Waals surface area contributed by atoms with Crippen molar-refractivity contribution in [1.29, 1.82) is 0 Å². The molecule has 2 aromatic carbocycles. The summed E-state index contributed by atoms with van der Waals surface area (Å²) in [7, 11) is 0. The minimum atomic E-state index is -4.65. The number of carbonyl (C=O) groups is 2. The third kappa shape index (κ3) is 6.25. The molecule has 4 nitrogen and oxygen atoms in total. The molecule has 0 spiro atoms. The SMILES string of the molecule is CC(Sc1ccc(NC(=O)c2cccs2)cc1)C(=O)Nc1ccc(Cl)cc1C(F)(F)F. The fourth-order valence-electron chi connectivity index (χ4n) is 2.57. The Labute approximate surface area is 189 Å². The second kappa shape index (κ2) is 9.76. The standard InChI is InChI=1S/C21H16ClF3N2O2S2/c1-12(19(28)27-17-9-4-13(22)11-16(17)21(23,24)25)31-15-7-5-14(6-8-15)26-20(29)18-3-2-10-30-18/h2-12H,1H3,(H,26,29)(H,27,28). The molecular weight excluding hydrogens is 469 g/mol. The van der Waals surface area contributed by atoms with Crippen molar-refractivity contribution in [3.63, 3.8) is 0 Å². The number of halogens is 4. The highest BCUT2D eigenvalue weighted by molar-refractivity contribution is 8.00. The van der Waals surface area contributed by atoms with E-state index < -0.39 is 22.9 Å². The summed E-state index contributed by atoms with van der Waals surface area (Å²) < 4.78 is 39.6. The Bertz CT molecular complexity index is 1070. The maximum Gasteiger partial charge on any atom is 0.418 e. The highest BCUT2D eigenvalue weighted by Gasteiger charge is 2.34. The van der Waals surface area contributed by atoms with Crippen LogP contribution in [-0.4, -0.2) is 17.1 Å². The number of nitrogens with one attached hydrogen (secondary N) is 2. The van der Waals surface area contributed by atoms with Crippen LogP contribution in [0.25, 0.3) is 0 Å². The summed E-state index contributed by atoms with van der Waals surface area (Å²) in [5.41, 5.74) is -0.756. The molecule has 3 aromatic rings. The van der Waals surface area contributed by atoms with Crippen molar-refractivity contribution in [2.24, 2.45) is 0 Å². The van der Waals surface area contributed by atoms with Crippen molar-refractivity contribution >= 4 is 57.9 Å². The summed E-state index contributed by atoms with van der Waals surface area (Å²) in [6, 6.07) is 13.5. The van der Waals surface area contributed by atoms with E-state index >= 15 is 0 Å². The van der Waals surface area contributed by atoms with Crippen LogP contribution in [0.2, 0.25) is 5.02 Å². The Morgan fingerprint density at radius 1 is 1.06 bits per heavy atom. The molecule has 162 valence electrons. The van der Waals surface area contributed by atoms with Gasteiger partial charge in [0.15, 0.2) is 0 Å². The molecule has 2 N–H and O–H groups in total. The van der Waals surface area contributed by atoms with Crippen molar-refractivity contribution in [1.82, 2.24) is 0 Å². The topological polar surface area (TPSA) is 58.2 Å². The highest BCUT2D eigenvalue weighted by Crippen LogP contribution is 2.37. The van der Waals surface area contributed by atoms with Crippen LogP contribution in [0.5, 0.6) is 0 Å². The molecule has 1 atom stereocenters. The van der Waals surface area contributed by atoms with Crippen molar-refractivity contribution in [3.8, 4) is 0 Å². The molecule has 0 aliphatic carbocycles. The molecule has 0 saturated carbocycles. The number of rotatable bonds is 6. The van der Waals surface area contributed by atoms with E-state index in [1.807, 2.05) is 5.38 Å². The van der Waals surface area contributed by atoms with Gasteiger partial charge < -0.3 is 10.6 Å². The quantitative estimate of drug-likeness (QED) is 0.378. The highest BCUT2D eigenvalue weighted by atomic mass is 35.5. The number of thiophene rings is 1. The molecule has 0 fully saturated rings. The number of hydrogen-bond acceptors (Lipinski definition) is 4. The van der Waals surface area contributed by atoms with Crippen LogP contribution in [0.15, 0.2) is 64.9 Å². The van der Waals surface area contributed by atoms with E-state index in [1.165, 1.54) is 29.2 Å². The number of amides is 2. The lowest BCUT2D eigenvalue weighted by molar-refractivity contribution is -0.137. The molecule has 31 heavy (non-hydrogen) atoms. The van der Waals surface area contributed by atoms with Gasteiger partial charge in [0.25, 0.3) is 5.91 Å². The average Bonchev–Trinajstić information content (AvgIpc) is 3.25. The number of carbonyl (C=O) groups excluding carboxylic acids is 2. The summed E-state index contributed by atoms with van der Waals surface area (Å²) in [6.07, 6.45) is -4.65. The lowest BCUT2D eigenvalue weighted by Crippen LogP contribution is -2.24. The Balaban J connectivity index is 1.62. The average molecular weight is 485 g/mol. The number of hydrogen-bond donors (Lipinski definition) is 2. The molecule has 1 heterocycles. The first-order valence-electron chi connectivity index (χ1n) is 8.92. The van der Waals surface area contributed by atoms with Crippen LogP contribution >= 0.6 is 34.7 Å². The van der Waals surface area contributed by atoms with Crippen LogP contribution in [0.4, 0.5) is 24.5 Å². The van der Waals surface area contributed by atoms with Gasteiger partial charge >= 0.3 is 6.18 Å². The van der Waals surface area contributed by atoms with Gasteiger partial charge in [-0.1, -0.05) is 17.7 Å². The lowest BCUT2D eigenvalue weighted by Gasteiger charge is -2.17. The molecule has 3 rings (SSSR count). The van der Waals surface area contributed by atoms with Gasteiger partial charge in [0.2, 0.25) is 5.91 Å². The molecule has 0 saturated heterocycles. The summed E-state index contributed by atoms with van der Waals surface area (Å²) >= 11 is 8.17. The smallest absolute Gasteiger partial charge is 0.325 e. The Hall–Kier alpha value is -2.49. The molecule has 0 aliphatic rings. The molecule has 0 aliphatic heterocycles. The second-order valence-corrected chi connectivity index (χ2v) is 9.19. The van der Waals surface area contributed by atoms with Gasteiger partial charge in [-0.3, -0.25) is 9.59 Å². The second-order valence-electron chi connectivity index (χ2n) is 6.39. The van der Waals surface area contributed by atoms with E-state index in [4.69, 9.17) is 11.6 Å². The molecule has 1 aromatic heterocycles. The van der Waals surface area contributed by atoms with Gasteiger partial charge in [-0.25, -0.2) is 0 Å². The summed E-state index contributed by atoms with van der Waals surface area (Å²) in [4.78, 5) is 25.8. The van der Waals surface area contributed by atoms with E-state index in [2.05, 4.69) is 10.6 Å². The first kappa shape index (κ1) is 23.2. The van der Waals surface area contributed by atoms with Gasteiger partial charge in [-0.05, 0) is 60.8 Å². The molecule has 10 heteroatoms. The number of anilines is 2. The minimum Gasteiger partial charge on any atom is -0.325 e. The molecule has 0 bridgehead atoms. The van der Waals surface area contributed by atoms with E-state index in [-0.39, 0.29) is 16.6 Å². The van der Waals surface area contributed by atoms with Gasteiger partial charge in [0.1, 0.15) is 0 Å². The predicted octanol–water partition coefficient (Wildman–Crippen LogP) is 6.79. The Morgan fingerprint density at radius 3 is 2.39 bits per heavy atom. The maximum atomic E-state index is 13.2. The predicted molar refractivity (Wildman–Crippen MR) is 119 cm³/mol. The monoisotopic (exact) mass is 484 g/mol. The Kier molecular flexibility index (Phi) is 7.30. The fraction of sp³-hybridized carbons (Fsp3) is 0.143. The molecular formula is C21H16ClF3N2O2S2. The van der Waals surface area contributed by atoms with E-state index in [0.29, 0.717) is 10.6 Å². The normalized spacial score (nSPS) is 12.3. The summed E-state index contributed by atoms with van der Waals surface area (Å²) in [6.45, 7) is 1.59. The van der Waals surface area contributed by atoms with Crippen LogP contribution < -0.4 is 10.6 Å². The first-order chi connectivity index (χ1) is 14.6. The van der Waals surface area contributed by atoms with Gasteiger partial charge in [0, 0.05) is 15.6 Å². The molecule has 2 amide bonds. The van der Waals surface area contributed by atoms with Crippen LogP contribution in [-0.2, 0) is 11.0 Å². The number of thioether (sulfide) groups is 1. The third-order valence-corrected chi connectivity index (χ3v) is 6.30. The van der Waals surface area contributed by atoms with Crippen molar-refractivity contribution in [2.75, 3.05) is 10.6 Å². The van der Waals surface area contributed by atoms with E-state index in [0.717, 1.165) is 17.0 Å². The fourth-order valence-corrected chi connectivity index (χ4v) is 4.23. The van der Waals surface area contributed by atoms with E-state index in [1.54, 1.807) is 43.3 Å². The van der Waals surface area contributed by atoms with Gasteiger partial charge in [-0.2, -0.15) is 13.2 Å². The van der Waals surface area contributed by atoms with Gasteiger partial charge in [-0.15, -0.1) is 23.1 Å². The third-order valence-electron chi connectivity index (χ3n) is 4.08. The largest absolute Gasteiger partial charge is 0.418 e. The first-order valence-corrected chi connectivity index (χ1v) is 11.1. The van der Waals surface area contributed by atoms with Crippen LogP contribution in [0.3, 0.4) is 0 Å². The minimum absolute atomic E-state index is 0.0704. The van der Waals surface area contributed by atoms with Crippen LogP contribution in [0, 0.1) is 0 Å². The van der Waals surface area contributed by atoms with Crippen molar-refractivity contribution < 1.29 is 22.8 Å². The van der Waals surface area contributed by atoms with Crippen molar-refractivity contribution in [3.05, 3.63) is 75.4 Å². The van der Waals surface area contributed by atoms with Crippen LogP contribution in [0.1, 0.15) is 22.2 Å². The molecule has 0 radical (unpaired) electrons. The number of benzene rings is 2. The Morgan fingerprint density at radius 2 is 1.77 bits per heavy atom. The number of alkyl halides is 3. The maximum absolute atomic E-state index is 13.2. The lowest BCUT2D eigenvalue weighted by atomic mass is 10.1. The zero-order valence-electron chi connectivity index (χ0n) is 16.0. The zero-order chi connectivity index (χ0) is 22.6. The van der Waals surface area contributed by atoms with Gasteiger partial charge in [0.05, 0.1) is 21.4 Å². The van der Waals surface area contributed by atoms with Crippen molar-refractivity contribution in [2.45, 2.75) is 23.2 Å². The van der Waals surface area contributed by atoms with E-state index in [9.17, 15) is 22.8 Å². The molecule has 1 unspecified atom stereocenters. The summed E-state index contributed by atoms with van der Waals surface area (Å²) in [5, 5.41) is 6.17.